The van der Waals surface area contributed by atoms with Gasteiger partial charge in [0.05, 0.1) is 29.3 Å². The normalized spacial score (nSPS) is 10.8. The number of carbonyl (C=O) groups is 6. The monoisotopic (exact) mass is 874 g/mol. The molecule has 6 nitrogen and oxygen atoms in total. The molecule has 6 aromatic rings. The third kappa shape index (κ3) is 11.2. The molecule has 0 aliphatic heterocycles. The molecular formula is C40H36Cl2O6S6. The number of hydrogen-bond donors (Lipinski definition) is 0. The Kier molecular flexibility index (Phi) is 16.2. The zero-order valence-electron chi connectivity index (χ0n) is 30.2. The predicted octanol–water partition coefficient (Wildman–Crippen LogP) is 12.8. The van der Waals surface area contributed by atoms with Crippen LogP contribution in [-0.4, -0.2) is 46.5 Å². The summed E-state index contributed by atoms with van der Waals surface area (Å²) in [5, 5.41) is 11.9. The molecule has 6 rings (SSSR count). The van der Waals surface area contributed by atoms with Crippen molar-refractivity contribution in [2.24, 2.45) is 0 Å². The number of rotatable bonds is 13. The highest BCUT2D eigenvalue weighted by molar-refractivity contribution is 7.14. The quantitative estimate of drug-likeness (QED) is 0.0846. The summed E-state index contributed by atoms with van der Waals surface area (Å²) in [5.74, 6) is 1.19. The van der Waals surface area contributed by atoms with Crippen molar-refractivity contribution < 1.29 is 28.8 Å². The van der Waals surface area contributed by atoms with Crippen LogP contribution in [0, 0.1) is 0 Å². The second-order valence-corrected chi connectivity index (χ2v) is 18.3. The Morgan fingerprint density at radius 3 is 0.611 bits per heavy atom. The SMILES string of the molecule is CC(=O)c1cc(C(c2csc(C(C)=O)c2)c2csc(C(C)=O)c2)cs1.CC(=O)c1cc(C(c2csc(C(C)=O)c2)c2csc(C(C)=O)c2)cs1.ClCCCl. The van der Waals surface area contributed by atoms with Crippen LogP contribution in [0.1, 0.15) is 145 Å². The van der Waals surface area contributed by atoms with Crippen molar-refractivity contribution in [3.8, 4) is 0 Å². The summed E-state index contributed by atoms with van der Waals surface area (Å²) in [7, 11) is 0. The van der Waals surface area contributed by atoms with Gasteiger partial charge in [-0.15, -0.1) is 91.2 Å². The third-order valence-corrected chi connectivity index (χ3v) is 14.7. The first-order chi connectivity index (χ1) is 25.6. The van der Waals surface area contributed by atoms with Gasteiger partial charge in [-0.3, -0.25) is 28.8 Å². The van der Waals surface area contributed by atoms with Crippen LogP contribution in [0.5, 0.6) is 0 Å². The highest BCUT2D eigenvalue weighted by Crippen LogP contribution is 2.40. The van der Waals surface area contributed by atoms with Crippen LogP contribution in [0.15, 0.2) is 68.7 Å². The number of carbonyl (C=O) groups excluding carboxylic acids is 6. The predicted molar refractivity (Wildman–Crippen MR) is 229 cm³/mol. The minimum Gasteiger partial charge on any atom is -0.294 e. The van der Waals surface area contributed by atoms with E-state index >= 15 is 0 Å². The van der Waals surface area contributed by atoms with Gasteiger partial charge in [0.1, 0.15) is 0 Å². The molecule has 0 fully saturated rings. The molecule has 0 saturated heterocycles. The maximum absolute atomic E-state index is 11.7. The van der Waals surface area contributed by atoms with E-state index in [1.807, 2.05) is 68.7 Å². The summed E-state index contributed by atoms with van der Waals surface area (Å²) in [4.78, 5) is 74.3. The van der Waals surface area contributed by atoms with Gasteiger partial charge < -0.3 is 0 Å². The Morgan fingerprint density at radius 1 is 0.370 bits per heavy atom. The summed E-state index contributed by atoms with van der Waals surface area (Å²) < 4.78 is 0. The van der Waals surface area contributed by atoms with Gasteiger partial charge in [0.15, 0.2) is 34.7 Å². The van der Waals surface area contributed by atoms with Crippen LogP contribution in [0.4, 0.5) is 0 Å². The fourth-order valence-corrected chi connectivity index (χ4v) is 10.3. The second kappa shape index (κ2) is 20.1. The molecule has 54 heavy (non-hydrogen) atoms. The highest BCUT2D eigenvalue weighted by Gasteiger charge is 2.24. The van der Waals surface area contributed by atoms with Gasteiger partial charge >= 0.3 is 0 Å². The van der Waals surface area contributed by atoms with E-state index in [1.54, 1.807) is 41.5 Å². The molecule has 6 aromatic heterocycles. The number of halogens is 2. The van der Waals surface area contributed by atoms with Crippen molar-refractivity contribution >= 4 is 126 Å². The fraction of sp³-hybridized carbons (Fsp3) is 0.250. The van der Waals surface area contributed by atoms with E-state index in [4.69, 9.17) is 23.2 Å². The van der Waals surface area contributed by atoms with Gasteiger partial charge in [-0.2, -0.15) is 0 Å². The van der Waals surface area contributed by atoms with Gasteiger partial charge in [-0.25, -0.2) is 0 Å². The smallest absolute Gasteiger partial charge is 0.169 e. The average molecular weight is 876 g/mol. The molecule has 0 unspecified atom stereocenters. The Labute approximate surface area is 348 Å². The zero-order chi connectivity index (χ0) is 39.7. The molecule has 0 N–H and O–H groups in total. The lowest BCUT2D eigenvalue weighted by Crippen LogP contribution is -2.00. The van der Waals surface area contributed by atoms with Crippen LogP contribution in [0.25, 0.3) is 0 Å². The van der Waals surface area contributed by atoms with Crippen molar-refractivity contribution in [1.29, 1.82) is 0 Å². The number of alkyl halides is 2. The Hall–Kier alpha value is -3.20. The van der Waals surface area contributed by atoms with E-state index in [2.05, 4.69) is 0 Å². The summed E-state index contributed by atoms with van der Waals surface area (Å²) in [6.07, 6.45) is 0. The van der Waals surface area contributed by atoms with Gasteiger partial charge in [0.2, 0.25) is 0 Å². The Morgan fingerprint density at radius 2 is 0.519 bits per heavy atom. The summed E-state index contributed by atoms with van der Waals surface area (Å²) in [5.41, 5.74) is 6.06. The standard InChI is InChI=1S/2C19H16O3S3.C2H4Cl2/c2*1-10(20)16-4-13(7-23-16)19(14-5-17(11(2)21)24-8-14)15-6-18(12(3)22)25-9-15;3-1-2-4/h2*4-9,19H,1-3H3;1-2H2. The number of Topliss-reactive ketones (excluding diaryl/α,β-unsaturated/α-hetero) is 6. The summed E-state index contributed by atoms with van der Waals surface area (Å²) in [6, 6.07) is 11.5. The van der Waals surface area contributed by atoms with E-state index in [1.165, 1.54) is 68.0 Å². The van der Waals surface area contributed by atoms with Gasteiger partial charge in [-0.05, 0) is 144 Å². The maximum atomic E-state index is 11.7. The molecule has 282 valence electrons. The summed E-state index contributed by atoms with van der Waals surface area (Å²) in [6.45, 7) is 9.34. The lowest BCUT2D eigenvalue weighted by molar-refractivity contribution is 0.101. The zero-order valence-corrected chi connectivity index (χ0v) is 36.6. The number of ketones is 6. The molecule has 0 aliphatic rings. The minimum absolute atomic E-state index is 0.0412. The van der Waals surface area contributed by atoms with Gasteiger partial charge in [-0.1, -0.05) is 0 Å². The molecule has 0 amide bonds. The van der Waals surface area contributed by atoms with Crippen LogP contribution >= 0.6 is 91.2 Å². The second-order valence-electron chi connectivity index (χ2n) is 12.0. The largest absolute Gasteiger partial charge is 0.294 e. The molecular weight excluding hydrogens is 840 g/mol. The van der Waals surface area contributed by atoms with Crippen molar-refractivity contribution in [1.82, 2.24) is 0 Å². The average Bonchev–Trinajstić information content (AvgIpc) is 3.98. The molecule has 0 radical (unpaired) electrons. The maximum Gasteiger partial charge on any atom is 0.169 e. The van der Waals surface area contributed by atoms with Gasteiger partial charge in [0.25, 0.3) is 0 Å². The van der Waals surface area contributed by atoms with Crippen LogP contribution in [0.2, 0.25) is 0 Å². The van der Waals surface area contributed by atoms with Crippen molar-refractivity contribution in [2.45, 2.75) is 53.4 Å². The Bertz CT molecular complexity index is 1870. The molecule has 0 spiro atoms. The van der Waals surface area contributed by atoms with E-state index in [0.29, 0.717) is 41.0 Å². The first-order valence-electron chi connectivity index (χ1n) is 16.3. The van der Waals surface area contributed by atoms with Crippen LogP contribution in [0.3, 0.4) is 0 Å². The minimum atomic E-state index is -0.0851. The van der Waals surface area contributed by atoms with Crippen LogP contribution < -0.4 is 0 Å². The molecule has 0 atom stereocenters. The highest BCUT2D eigenvalue weighted by atomic mass is 35.5. The number of thiophene rings is 6. The molecule has 0 saturated carbocycles. The first kappa shape index (κ1) is 43.5. The van der Waals surface area contributed by atoms with E-state index in [-0.39, 0.29) is 46.5 Å². The summed E-state index contributed by atoms with van der Waals surface area (Å²) >= 11 is 18.7. The molecule has 0 aromatic carbocycles. The lowest BCUT2D eigenvalue weighted by atomic mass is 9.89. The lowest BCUT2D eigenvalue weighted by Gasteiger charge is -2.13. The first-order valence-corrected chi connectivity index (χ1v) is 22.7. The topological polar surface area (TPSA) is 102 Å². The van der Waals surface area contributed by atoms with Crippen molar-refractivity contribution in [3.63, 3.8) is 0 Å². The third-order valence-electron chi connectivity index (χ3n) is 7.87. The molecule has 0 bridgehead atoms. The van der Waals surface area contributed by atoms with Crippen molar-refractivity contribution in [2.75, 3.05) is 11.8 Å². The molecule has 14 heteroatoms. The molecule has 6 heterocycles. The van der Waals surface area contributed by atoms with Crippen molar-refractivity contribution in [3.05, 3.63) is 131 Å². The van der Waals surface area contributed by atoms with Gasteiger partial charge in [0, 0.05) is 23.6 Å². The number of hydrogen-bond acceptors (Lipinski definition) is 12. The van der Waals surface area contributed by atoms with Crippen LogP contribution in [-0.2, 0) is 0 Å². The fourth-order valence-electron chi connectivity index (χ4n) is 5.28. The van der Waals surface area contributed by atoms with E-state index in [0.717, 1.165) is 33.4 Å². The Balaban J connectivity index is 0.000000219. The molecule has 0 aliphatic carbocycles. The van der Waals surface area contributed by atoms with E-state index in [9.17, 15) is 28.8 Å². The van der Waals surface area contributed by atoms with E-state index < -0.39 is 0 Å².